The van der Waals surface area contributed by atoms with Crippen molar-refractivity contribution in [3.05, 3.63) is 12.4 Å². The molecule has 10 nitrogen and oxygen atoms in total. The van der Waals surface area contributed by atoms with Crippen LogP contribution in [0.25, 0.3) is 0 Å². The van der Waals surface area contributed by atoms with Gasteiger partial charge in [-0.05, 0) is 0 Å². The van der Waals surface area contributed by atoms with Gasteiger partial charge >= 0.3 is 6.03 Å². The van der Waals surface area contributed by atoms with Crippen molar-refractivity contribution in [1.29, 1.82) is 0 Å². The molecule has 3 heterocycles. The van der Waals surface area contributed by atoms with Crippen LogP contribution in [0.15, 0.2) is 12.4 Å². The van der Waals surface area contributed by atoms with Gasteiger partial charge in [-0.25, -0.2) is 14.8 Å². The van der Waals surface area contributed by atoms with Crippen LogP contribution in [-0.4, -0.2) is 72.1 Å². The van der Waals surface area contributed by atoms with E-state index >= 15 is 0 Å². The fourth-order valence-corrected chi connectivity index (χ4v) is 2.63. The maximum atomic E-state index is 12.1. The second-order valence-corrected chi connectivity index (χ2v) is 5.75. The first-order valence-corrected chi connectivity index (χ1v) is 8.15. The van der Waals surface area contributed by atoms with Gasteiger partial charge in [0.2, 0.25) is 11.8 Å². The molecule has 4 amide bonds. The molecule has 0 spiro atoms. The fourth-order valence-electron chi connectivity index (χ4n) is 2.63. The molecule has 2 aliphatic rings. The standard InChI is InChI=1S/C15H20N6O4/c22-13(1-3-21-4-2-14(23)19-15(21)24)18-11-9-12(17-10-16-11)20-5-7-25-8-6-20/h9-10H,1-8H2,(H,19,23,24)(H,16,17,18,22). The third-order valence-electron chi connectivity index (χ3n) is 4.01. The van der Waals surface area contributed by atoms with Crippen molar-refractivity contribution in [2.24, 2.45) is 0 Å². The molecular formula is C15H20N6O4. The first-order valence-electron chi connectivity index (χ1n) is 8.15. The first kappa shape index (κ1) is 17.1. The number of imide groups is 1. The number of hydrogen-bond donors (Lipinski definition) is 2. The lowest BCUT2D eigenvalue weighted by Gasteiger charge is -2.27. The summed E-state index contributed by atoms with van der Waals surface area (Å²) in [4.78, 5) is 46.6. The summed E-state index contributed by atoms with van der Waals surface area (Å²) >= 11 is 0. The van der Waals surface area contributed by atoms with E-state index in [2.05, 4.69) is 25.5 Å². The zero-order valence-corrected chi connectivity index (χ0v) is 13.7. The summed E-state index contributed by atoms with van der Waals surface area (Å²) in [6, 6.07) is 1.26. The third-order valence-corrected chi connectivity index (χ3v) is 4.01. The number of ether oxygens (including phenoxy) is 1. The van der Waals surface area contributed by atoms with Crippen LogP contribution in [0.3, 0.4) is 0 Å². The Labute approximate surface area is 144 Å². The van der Waals surface area contributed by atoms with Gasteiger partial charge in [0, 0.05) is 45.1 Å². The monoisotopic (exact) mass is 348 g/mol. The van der Waals surface area contributed by atoms with Crippen molar-refractivity contribution in [3.63, 3.8) is 0 Å². The number of rotatable bonds is 5. The van der Waals surface area contributed by atoms with E-state index in [-0.39, 0.29) is 31.2 Å². The number of urea groups is 1. The van der Waals surface area contributed by atoms with E-state index in [0.717, 1.165) is 18.9 Å². The zero-order valence-electron chi connectivity index (χ0n) is 13.7. The highest BCUT2D eigenvalue weighted by atomic mass is 16.5. The Kier molecular flexibility index (Phi) is 5.39. The largest absolute Gasteiger partial charge is 0.378 e. The van der Waals surface area contributed by atoms with E-state index in [1.807, 2.05) is 0 Å². The minimum Gasteiger partial charge on any atom is -0.378 e. The van der Waals surface area contributed by atoms with Gasteiger partial charge in [-0.15, -0.1) is 0 Å². The van der Waals surface area contributed by atoms with Gasteiger partial charge in [0.25, 0.3) is 0 Å². The molecule has 134 valence electrons. The number of hydrogen-bond acceptors (Lipinski definition) is 7. The molecular weight excluding hydrogens is 328 g/mol. The van der Waals surface area contributed by atoms with Crippen LogP contribution in [0.1, 0.15) is 12.8 Å². The number of carbonyl (C=O) groups is 3. The number of amides is 4. The summed E-state index contributed by atoms with van der Waals surface area (Å²) in [5.41, 5.74) is 0. The lowest BCUT2D eigenvalue weighted by Crippen LogP contribution is -2.50. The Morgan fingerprint density at radius 2 is 2.04 bits per heavy atom. The summed E-state index contributed by atoms with van der Waals surface area (Å²) < 4.78 is 5.31. The SMILES string of the molecule is O=C1CCN(CCC(=O)Nc2cc(N3CCOCC3)ncn2)C(=O)N1. The number of carbonyl (C=O) groups excluding carboxylic acids is 3. The predicted octanol–water partition coefficient (Wildman–Crippen LogP) is -0.416. The Morgan fingerprint density at radius 1 is 1.24 bits per heavy atom. The van der Waals surface area contributed by atoms with Crippen LogP contribution in [0.2, 0.25) is 0 Å². The highest BCUT2D eigenvalue weighted by Gasteiger charge is 2.23. The normalized spacial score (nSPS) is 18.1. The predicted molar refractivity (Wildman–Crippen MR) is 88.0 cm³/mol. The Morgan fingerprint density at radius 3 is 2.80 bits per heavy atom. The molecule has 0 atom stereocenters. The summed E-state index contributed by atoms with van der Waals surface area (Å²) in [6.45, 7) is 3.34. The Bertz CT molecular complexity index is 661. The number of anilines is 2. The Hall–Kier alpha value is -2.75. The van der Waals surface area contributed by atoms with Crippen molar-refractivity contribution in [2.45, 2.75) is 12.8 Å². The fraction of sp³-hybridized carbons (Fsp3) is 0.533. The van der Waals surface area contributed by atoms with Crippen LogP contribution < -0.4 is 15.5 Å². The summed E-state index contributed by atoms with van der Waals surface area (Å²) in [5.74, 6) is 0.612. The molecule has 0 aromatic carbocycles. The van der Waals surface area contributed by atoms with Crippen LogP contribution in [-0.2, 0) is 14.3 Å². The molecule has 0 bridgehead atoms. The molecule has 25 heavy (non-hydrogen) atoms. The highest BCUT2D eigenvalue weighted by Crippen LogP contribution is 2.15. The molecule has 0 unspecified atom stereocenters. The minimum atomic E-state index is -0.458. The molecule has 2 aliphatic heterocycles. The maximum Gasteiger partial charge on any atom is 0.324 e. The molecule has 3 rings (SSSR count). The van der Waals surface area contributed by atoms with E-state index in [9.17, 15) is 14.4 Å². The lowest BCUT2D eigenvalue weighted by atomic mass is 10.3. The van der Waals surface area contributed by atoms with Gasteiger partial charge in [0.05, 0.1) is 13.2 Å². The number of nitrogens with zero attached hydrogens (tertiary/aromatic N) is 4. The Balaban J connectivity index is 1.51. The summed E-state index contributed by atoms with van der Waals surface area (Å²) in [7, 11) is 0. The van der Waals surface area contributed by atoms with E-state index < -0.39 is 6.03 Å². The van der Waals surface area contributed by atoms with Crippen LogP contribution in [0.4, 0.5) is 16.4 Å². The van der Waals surface area contributed by atoms with Crippen molar-refractivity contribution in [1.82, 2.24) is 20.2 Å². The summed E-state index contributed by atoms with van der Waals surface area (Å²) in [5, 5.41) is 4.94. The maximum absolute atomic E-state index is 12.1. The smallest absolute Gasteiger partial charge is 0.324 e. The quantitative estimate of drug-likeness (QED) is 0.742. The van der Waals surface area contributed by atoms with Crippen LogP contribution in [0.5, 0.6) is 0 Å². The molecule has 0 saturated carbocycles. The van der Waals surface area contributed by atoms with Gasteiger partial charge in [-0.2, -0.15) is 0 Å². The van der Waals surface area contributed by atoms with Gasteiger partial charge in [-0.1, -0.05) is 0 Å². The molecule has 10 heteroatoms. The second kappa shape index (κ2) is 7.88. The number of morpholine rings is 1. The highest BCUT2D eigenvalue weighted by molar-refractivity contribution is 5.97. The molecule has 0 radical (unpaired) electrons. The molecule has 0 aliphatic carbocycles. The van der Waals surface area contributed by atoms with Crippen molar-refractivity contribution >= 4 is 29.5 Å². The van der Waals surface area contributed by atoms with Crippen LogP contribution in [0, 0.1) is 0 Å². The number of aromatic nitrogens is 2. The lowest BCUT2D eigenvalue weighted by molar-refractivity contribution is -0.121. The van der Waals surface area contributed by atoms with E-state index in [4.69, 9.17) is 4.74 Å². The van der Waals surface area contributed by atoms with Gasteiger partial charge in [0.15, 0.2) is 0 Å². The van der Waals surface area contributed by atoms with Gasteiger partial charge in [0.1, 0.15) is 18.0 Å². The van der Waals surface area contributed by atoms with Crippen molar-refractivity contribution in [3.8, 4) is 0 Å². The van der Waals surface area contributed by atoms with Crippen molar-refractivity contribution in [2.75, 3.05) is 49.6 Å². The third kappa shape index (κ3) is 4.63. The van der Waals surface area contributed by atoms with E-state index in [1.165, 1.54) is 11.2 Å². The first-order chi connectivity index (χ1) is 12.1. The topological polar surface area (TPSA) is 117 Å². The number of nitrogens with one attached hydrogen (secondary N) is 2. The molecule has 2 N–H and O–H groups in total. The van der Waals surface area contributed by atoms with Gasteiger partial charge in [-0.3, -0.25) is 14.9 Å². The average molecular weight is 348 g/mol. The van der Waals surface area contributed by atoms with E-state index in [0.29, 0.717) is 25.6 Å². The average Bonchev–Trinajstić information content (AvgIpc) is 2.62. The molecule has 1 aromatic rings. The minimum absolute atomic E-state index is 0.124. The van der Waals surface area contributed by atoms with E-state index in [1.54, 1.807) is 6.07 Å². The van der Waals surface area contributed by atoms with Crippen LogP contribution >= 0.6 is 0 Å². The molecule has 2 fully saturated rings. The zero-order chi connectivity index (χ0) is 17.6. The summed E-state index contributed by atoms with van der Waals surface area (Å²) in [6.07, 6.45) is 1.78. The van der Waals surface area contributed by atoms with Crippen molar-refractivity contribution < 1.29 is 19.1 Å². The molecule has 1 aromatic heterocycles. The second-order valence-electron chi connectivity index (χ2n) is 5.75. The van der Waals surface area contributed by atoms with Gasteiger partial charge < -0.3 is 19.9 Å². The molecule has 2 saturated heterocycles.